The number of thioether (sulfide) groups is 1. The molecule has 8 heteroatoms. The number of unbranched alkanes of at least 4 members (excludes halogenated alkanes) is 1. The van der Waals surface area contributed by atoms with E-state index in [-0.39, 0.29) is 11.2 Å². The molecular formula is C12H16N4O2S2. The van der Waals surface area contributed by atoms with E-state index in [1.807, 2.05) is 0 Å². The summed E-state index contributed by atoms with van der Waals surface area (Å²) in [6.07, 6.45) is 2.83. The van der Waals surface area contributed by atoms with Gasteiger partial charge in [0.05, 0.1) is 5.25 Å². The molecule has 0 spiro atoms. The van der Waals surface area contributed by atoms with E-state index >= 15 is 0 Å². The van der Waals surface area contributed by atoms with Gasteiger partial charge in [0.25, 0.3) is 0 Å². The molecular weight excluding hydrogens is 296 g/mol. The topological polar surface area (TPSA) is 80.9 Å². The Balaban J connectivity index is 1.99. The highest BCUT2D eigenvalue weighted by Gasteiger charge is 2.21. The highest BCUT2D eigenvalue weighted by Crippen LogP contribution is 2.28. The predicted octanol–water partition coefficient (Wildman–Crippen LogP) is 3.12. The van der Waals surface area contributed by atoms with Crippen LogP contribution in [0.25, 0.3) is 0 Å². The monoisotopic (exact) mass is 312 g/mol. The van der Waals surface area contributed by atoms with Gasteiger partial charge in [0, 0.05) is 6.07 Å². The molecule has 1 amide bonds. The minimum Gasteiger partial charge on any atom is -0.360 e. The lowest BCUT2D eigenvalue weighted by atomic mass is 10.2. The third-order valence-corrected chi connectivity index (χ3v) is 4.65. The Morgan fingerprint density at radius 3 is 3.05 bits per heavy atom. The van der Waals surface area contributed by atoms with Gasteiger partial charge in [-0.15, -0.1) is 10.2 Å². The number of amides is 1. The molecule has 0 aliphatic rings. The predicted molar refractivity (Wildman–Crippen MR) is 78.9 cm³/mol. The van der Waals surface area contributed by atoms with Gasteiger partial charge in [-0.25, -0.2) is 0 Å². The van der Waals surface area contributed by atoms with Gasteiger partial charge >= 0.3 is 0 Å². The zero-order valence-electron chi connectivity index (χ0n) is 11.3. The van der Waals surface area contributed by atoms with Gasteiger partial charge in [0.2, 0.25) is 5.91 Å². The lowest BCUT2D eigenvalue weighted by molar-refractivity contribution is -0.115. The molecule has 2 aromatic rings. The minimum atomic E-state index is -0.195. The van der Waals surface area contributed by atoms with Crippen molar-refractivity contribution in [1.29, 1.82) is 0 Å². The van der Waals surface area contributed by atoms with E-state index in [0.29, 0.717) is 11.6 Å². The van der Waals surface area contributed by atoms with Crippen molar-refractivity contribution in [1.82, 2.24) is 15.4 Å². The zero-order valence-corrected chi connectivity index (χ0v) is 13.0. The third-order valence-electron chi connectivity index (χ3n) is 2.57. The Bertz CT molecular complexity index is 541. The summed E-state index contributed by atoms with van der Waals surface area (Å²) < 4.78 is 5.74. The van der Waals surface area contributed by atoms with Gasteiger partial charge in [-0.05, 0) is 13.3 Å². The molecule has 0 fully saturated rings. The van der Waals surface area contributed by atoms with Crippen LogP contribution in [0.5, 0.6) is 0 Å². The van der Waals surface area contributed by atoms with E-state index in [4.69, 9.17) is 4.52 Å². The SMILES string of the molecule is CCCC[C@H](Sc1nncs1)C(=O)Nc1cc(C)on1. The second-order valence-corrected chi connectivity index (χ2v) is 6.55. The van der Waals surface area contributed by atoms with Gasteiger partial charge in [0.1, 0.15) is 11.3 Å². The van der Waals surface area contributed by atoms with Crippen molar-refractivity contribution in [2.24, 2.45) is 0 Å². The van der Waals surface area contributed by atoms with Crippen LogP contribution in [0.15, 0.2) is 20.4 Å². The highest BCUT2D eigenvalue weighted by atomic mass is 32.2. The summed E-state index contributed by atoms with van der Waals surface area (Å²) in [6.45, 7) is 3.89. The van der Waals surface area contributed by atoms with Crippen LogP contribution >= 0.6 is 23.1 Å². The van der Waals surface area contributed by atoms with Crippen LogP contribution < -0.4 is 5.32 Å². The molecule has 6 nitrogen and oxygen atoms in total. The number of nitrogens with zero attached hydrogens (tertiary/aromatic N) is 3. The fourth-order valence-corrected chi connectivity index (χ4v) is 3.37. The van der Waals surface area contributed by atoms with Crippen molar-refractivity contribution >= 4 is 34.8 Å². The van der Waals surface area contributed by atoms with Crippen molar-refractivity contribution in [3.8, 4) is 0 Å². The molecule has 0 aliphatic carbocycles. The number of nitrogens with one attached hydrogen (secondary N) is 1. The number of rotatable bonds is 7. The first-order chi connectivity index (χ1) is 9.69. The fraction of sp³-hybridized carbons (Fsp3) is 0.500. The van der Waals surface area contributed by atoms with Crippen LogP contribution in [0.1, 0.15) is 31.9 Å². The van der Waals surface area contributed by atoms with Gasteiger partial charge in [-0.1, -0.05) is 48.0 Å². The Labute approximate surface area is 125 Å². The van der Waals surface area contributed by atoms with E-state index in [1.165, 1.54) is 23.1 Å². The Morgan fingerprint density at radius 2 is 2.45 bits per heavy atom. The van der Waals surface area contributed by atoms with Crippen molar-refractivity contribution in [3.05, 3.63) is 17.3 Å². The third kappa shape index (κ3) is 4.31. The maximum absolute atomic E-state index is 12.3. The average molecular weight is 312 g/mol. The number of hydrogen-bond donors (Lipinski definition) is 1. The van der Waals surface area contributed by atoms with Crippen molar-refractivity contribution < 1.29 is 9.32 Å². The molecule has 0 aromatic carbocycles. The van der Waals surface area contributed by atoms with Crippen LogP contribution in [0, 0.1) is 6.92 Å². The van der Waals surface area contributed by atoms with Crippen molar-refractivity contribution in [2.75, 3.05) is 5.32 Å². The van der Waals surface area contributed by atoms with Gasteiger partial charge in [0.15, 0.2) is 10.2 Å². The molecule has 2 rings (SSSR count). The molecule has 2 aromatic heterocycles. The quantitative estimate of drug-likeness (QED) is 0.791. The average Bonchev–Trinajstić information content (AvgIpc) is 3.06. The second kappa shape index (κ2) is 7.39. The van der Waals surface area contributed by atoms with E-state index in [0.717, 1.165) is 23.6 Å². The molecule has 0 saturated carbocycles. The summed E-state index contributed by atoms with van der Waals surface area (Å²) in [5.74, 6) is 1.04. The molecule has 1 N–H and O–H groups in total. The van der Waals surface area contributed by atoms with Crippen LogP contribution in [-0.2, 0) is 4.79 Å². The summed E-state index contributed by atoms with van der Waals surface area (Å²) in [7, 11) is 0. The summed E-state index contributed by atoms with van der Waals surface area (Å²) >= 11 is 2.88. The number of carbonyl (C=O) groups is 1. The number of hydrogen-bond acceptors (Lipinski definition) is 7. The van der Waals surface area contributed by atoms with E-state index < -0.39 is 0 Å². The Kier molecular flexibility index (Phi) is 5.54. The lowest BCUT2D eigenvalue weighted by Gasteiger charge is -2.13. The van der Waals surface area contributed by atoms with E-state index in [2.05, 4.69) is 27.6 Å². The Hall–Kier alpha value is -1.41. The van der Waals surface area contributed by atoms with Gasteiger partial charge < -0.3 is 9.84 Å². The Morgan fingerprint density at radius 1 is 1.60 bits per heavy atom. The maximum Gasteiger partial charge on any atom is 0.239 e. The van der Waals surface area contributed by atoms with Crippen LogP contribution in [0.4, 0.5) is 5.82 Å². The molecule has 20 heavy (non-hydrogen) atoms. The number of aryl methyl sites for hydroxylation is 1. The number of aromatic nitrogens is 3. The first-order valence-corrected chi connectivity index (χ1v) is 8.12. The second-order valence-electron chi connectivity index (χ2n) is 4.27. The molecule has 1 atom stereocenters. The molecule has 0 bridgehead atoms. The number of anilines is 1. The van der Waals surface area contributed by atoms with Crippen molar-refractivity contribution in [3.63, 3.8) is 0 Å². The molecule has 0 aliphatic heterocycles. The summed E-state index contributed by atoms with van der Waals surface area (Å²) in [5, 5.41) is 14.1. The minimum absolute atomic E-state index is 0.0769. The van der Waals surface area contributed by atoms with Gasteiger partial charge in [-0.3, -0.25) is 4.79 Å². The van der Waals surface area contributed by atoms with E-state index in [1.54, 1.807) is 18.5 Å². The summed E-state index contributed by atoms with van der Waals surface area (Å²) in [6, 6.07) is 1.70. The standard InChI is InChI=1S/C12H16N4O2S2/c1-3-4-5-9(20-12-15-13-7-19-12)11(17)14-10-6-8(2)18-16-10/h6-7,9H,3-5H2,1-2H3,(H,14,16,17)/t9-/m0/s1. The smallest absolute Gasteiger partial charge is 0.239 e. The van der Waals surface area contributed by atoms with Crippen LogP contribution in [0.2, 0.25) is 0 Å². The molecule has 108 valence electrons. The molecule has 2 heterocycles. The van der Waals surface area contributed by atoms with Crippen LogP contribution in [-0.4, -0.2) is 26.5 Å². The first-order valence-electron chi connectivity index (χ1n) is 6.36. The van der Waals surface area contributed by atoms with Gasteiger partial charge in [-0.2, -0.15) is 0 Å². The summed E-state index contributed by atoms with van der Waals surface area (Å²) in [4.78, 5) is 12.3. The first kappa shape index (κ1) is 15.0. The highest BCUT2D eigenvalue weighted by molar-refractivity contribution is 8.02. The van der Waals surface area contributed by atoms with Crippen molar-refractivity contribution in [2.45, 2.75) is 42.7 Å². The molecule has 0 saturated heterocycles. The van der Waals surface area contributed by atoms with Crippen LogP contribution in [0.3, 0.4) is 0 Å². The summed E-state index contributed by atoms with van der Waals surface area (Å²) in [5.41, 5.74) is 1.66. The molecule has 0 unspecified atom stereocenters. The number of carbonyl (C=O) groups excluding carboxylic acids is 1. The zero-order chi connectivity index (χ0) is 14.4. The maximum atomic E-state index is 12.3. The van der Waals surface area contributed by atoms with E-state index in [9.17, 15) is 4.79 Å². The normalized spacial score (nSPS) is 12.3. The fourth-order valence-electron chi connectivity index (χ4n) is 1.60. The molecule has 0 radical (unpaired) electrons. The largest absolute Gasteiger partial charge is 0.360 e. The lowest BCUT2D eigenvalue weighted by Crippen LogP contribution is -2.25.